The highest BCUT2D eigenvalue weighted by Crippen LogP contribution is 2.31. The fourth-order valence-corrected chi connectivity index (χ4v) is 4.46. The first-order valence-electron chi connectivity index (χ1n) is 11.3. The first-order valence-corrected chi connectivity index (χ1v) is 11.3. The summed E-state index contributed by atoms with van der Waals surface area (Å²) in [6.45, 7) is 5.68. The monoisotopic (exact) mass is 444 g/mol. The Morgan fingerprint density at radius 2 is 2.00 bits per heavy atom. The average molecular weight is 445 g/mol. The molecule has 7 nitrogen and oxygen atoms in total. The number of benzene rings is 1. The van der Waals surface area contributed by atoms with E-state index in [2.05, 4.69) is 16.2 Å². The van der Waals surface area contributed by atoms with Gasteiger partial charge >= 0.3 is 5.69 Å². The average Bonchev–Trinajstić information content (AvgIpc) is 3.12. The van der Waals surface area contributed by atoms with Gasteiger partial charge in [0.05, 0.1) is 0 Å². The number of nitrogens with zero attached hydrogens (tertiary/aromatic N) is 4. The molecule has 1 aliphatic rings. The maximum absolute atomic E-state index is 15.0. The molecule has 0 atom stereocenters. The van der Waals surface area contributed by atoms with Crippen LogP contribution in [0.15, 0.2) is 23.1 Å². The van der Waals surface area contributed by atoms with Crippen molar-refractivity contribution in [1.29, 1.82) is 0 Å². The number of hydrogen-bond donors (Lipinski definition) is 1. The second-order valence-corrected chi connectivity index (χ2v) is 8.72. The van der Waals surface area contributed by atoms with Crippen molar-refractivity contribution >= 4 is 11.9 Å². The van der Waals surface area contributed by atoms with Gasteiger partial charge in [-0.2, -0.15) is 4.68 Å². The number of carbonyl (C=O) groups excluding carboxylic acids is 1. The van der Waals surface area contributed by atoms with Gasteiger partial charge in [0.1, 0.15) is 18.1 Å². The van der Waals surface area contributed by atoms with Crippen LogP contribution in [0, 0.1) is 11.7 Å². The van der Waals surface area contributed by atoms with Crippen LogP contribution in [0.2, 0.25) is 0 Å². The van der Waals surface area contributed by atoms with E-state index in [9.17, 15) is 19.1 Å². The Hall–Kier alpha value is -2.74. The molecule has 0 aliphatic heterocycles. The zero-order chi connectivity index (χ0) is 23.4. The third-order valence-corrected chi connectivity index (χ3v) is 6.30. The standard InChI is InChI=1S/C24H33FN4O3/c1-5-28-23(15-31)26-29(24(28)32)22-12-19(17(14-30)11-21(22)25)20(16(2)3)13-27(4)18-9-7-6-8-10-18/h11-14,16,18,31H,5-10,15H2,1-4H3/b20-13-. The van der Waals surface area contributed by atoms with E-state index in [1.54, 1.807) is 6.92 Å². The van der Waals surface area contributed by atoms with Gasteiger partial charge in [0.15, 0.2) is 12.1 Å². The van der Waals surface area contributed by atoms with Crippen molar-refractivity contribution in [2.24, 2.45) is 5.92 Å². The van der Waals surface area contributed by atoms with Crippen molar-refractivity contribution in [3.05, 3.63) is 51.6 Å². The Balaban J connectivity index is 2.14. The zero-order valence-corrected chi connectivity index (χ0v) is 19.3. The first kappa shape index (κ1) is 23.9. The first-order chi connectivity index (χ1) is 15.3. The van der Waals surface area contributed by atoms with E-state index >= 15 is 0 Å². The van der Waals surface area contributed by atoms with Crippen molar-refractivity contribution in [3.8, 4) is 5.69 Å². The maximum atomic E-state index is 15.0. The van der Waals surface area contributed by atoms with Crippen LogP contribution in [-0.4, -0.2) is 43.7 Å². The van der Waals surface area contributed by atoms with Gasteiger partial charge in [-0.05, 0) is 49.0 Å². The van der Waals surface area contributed by atoms with Gasteiger partial charge in [-0.25, -0.2) is 9.18 Å². The Bertz CT molecular complexity index is 1050. The van der Waals surface area contributed by atoms with Crippen LogP contribution >= 0.6 is 0 Å². The predicted molar refractivity (Wildman–Crippen MR) is 122 cm³/mol. The lowest BCUT2D eigenvalue weighted by atomic mass is 9.90. The van der Waals surface area contributed by atoms with E-state index in [-0.39, 0.29) is 23.0 Å². The summed E-state index contributed by atoms with van der Waals surface area (Å²) >= 11 is 0. The number of aldehydes is 1. The molecule has 32 heavy (non-hydrogen) atoms. The number of rotatable bonds is 8. The number of hydrogen-bond acceptors (Lipinski definition) is 5. The van der Waals surface area contributed by atoms with Crippen LogP contribution in [-0.2, 0) is 13.2 Å². The molecule has 3 rings (SSSR count). The second kappa shape index (κ2) is 10.3. The van der Waals surface area contributed by atoms with E-state index in [0.29, 0.717) is 24.4 Å². The number of aliphatic hydroxyl groups is 1. The van der Waals surface area contributed by atoms with Gasteiger partial charge in [-0.15, -0.1) is 5.10 Å². The highest BCUT2D eigenvalue weighted by Gasteiger charge is 2.22. The molecule has 0 spiro atoms. The van der Waals surface area contributed by atoms with E-state index in [1.165, 1.54) is 29.9 Å². The Morgan fingerprint density at radius 3 is 2.53 bits per heavy atom. The quantitative estimate of drug-likeness (QED) is 0.627. The molecule has 1 saturated carbocycles. The number of allylic oxidation sites excluding steroid dienone is 1. The molecule has 0 radical (unpaired) electrons. The molecule has 1 aromatic heterocycles. The summed E-state index contributed by atoms with van der Waals surface area (Å²) in [6, 6.07) is 3.12. The molecular formula is C24H33FN4O3. The molecule has 1 fully saturated rings. The van der Waals surface area contributed by atoms with E-state index in [0.717, 1.165) is 29.2 Å². The van der Waals surface area contributed by atoms with Crippen LogP contribution in [0.4, 0.5) is 4.39 Å². The largest absolute Gasteiger partial charge is 0.388 e. The molecule has 0 unspecified atom stereocenters. The fraction of sp³-hybridized carbons (Fsp3) is 0.542. The molecular weight excluding hydrogens is 411 g/mol. The summed E-state index contributed by atoms with van der Waals surface area (Å²) in [5.41, 5.74) is 1.14. The van der Waals surface area contributed by atoms with Crippen LogP contribution < -0.4 is 5.69 Å². The summed E-state index contributed by atoms with van der Waals surface area (Å²) in [4.78, 5) is 26.8. The van der Waals surface area contributed by atoms with Crippen molar-refractivity contribution in [2.45, 2.75) is 72.1 Å². The number of aliphatic hydroxyl groups excluding tert-OH is 1. The third kappa shape index (κ3) is 4.70. The van der Waals surface area contributed by atoms with Crippen molar-refractivity contribution in [2.75, 3.05) is 7.05 Å². The Labute approximate surface area is 188 Å². The molecule has 0 bridgehead atoms. The lowest BCUT2D eigenvalue weighted by Gasteiger charge is -2.31. The van der Waals surface area contributed by atoms with Gasteiger partial charge < -0.3 is 10.0 Å². The predicted octanol–water partition coefficient (Wildman–Crippen LogP) is 3.76. The normalized spacial score (nSPS) is 15.4. The zero-order valence-electron chi connectivity index (χ0n) is 19.3. The van der Waals surface area contributed by atoms with Gasteiger partial charge in [-0.3, -0.25) is 9.36 Å². The molecule has 1 N–H and O–H groups in total. The smallest absolute Gasteiger partial charge is 0.350 e. The molecule has 8 heteroatoms. The van der Waals surface area contributed by atoms with Crippen LogP contribution in [0.5, 0.6) is 0 Å². The van der Waals surface area contributed by atoms with E-state index < -0.39 is 18.1 Å². The van der Waals surface area contributed by atoms with Crippen molar-refractivity contribution in [1.82, 2.24) is 19.2 Å². The highest BCUT2D eigenvalue weighted by molar-refractivity contribution is 5.87. The molecule has 0 saturated heterocycles. The van der Waals surface area contributed by atoms with Gasteiger partial charge in [0.2, 0.25) is 0 Å². The Morgan fingerprint density at radius 1 is 1.31 bits per heavy atom. The lowest BCUT2D eigenvalue weighted by molar-refractivity contribution is 0.112. The molecule has 0 amide bonds. The summed E-state index contributed by atoms with van der Waals surface area (Å²) in [5.74, 6) is -0.488. The van der Waals surface area contributed by atoms with Gasteiger partial charge in [0.25, 0.3) is 0 Å². The van der Waals surface area contributed by atoms with Gasteiger partial charge in [0, 0.05) is 31.4 Å². The maximum Gasteiger partial charge on any atom is 0.350 e. The van der Waals surface area contributed by atoms with Crippen molar-refractivity contribution < 1.29 is 14.3 Å². The second-order valence-electron chi connectivity index (χ2n) is 8.72. The van der Waals surface area contributed by atoms with E-state index in [1.807, 2.05) is 20.9 Å². The van der Waals surface area contributed by atoms with Crippen molar-refractivity contribution in [3.63, 3.8) is 0 Å². The minimum absolute atomic E-state index is 0.0376. The minimum Gasteiger partial charge on any atom is -0.388 e. The van der Waals surface area contributed by atoms with E-state index in [4.69, 9.17) is 0 Å². The molecule has 1 heterocycles. The SMILES string of the molecule is CCn1c(CO)nn(-c2cc(/C(=C\N(C)C3CCCCC3)C(C)C)c(C=O)cc2F)c1=O. The van der Waals surface area contributed by atoms with Gasteiger partial charge in [-0.1, -0.05) is 33.1 Å². The fourth-order valence-electron chi connectivity index (χ4n) is 4.46. The third-order valence-electron chi connectivity index (χ3n) is 6.30. The van der Waals surface area contributed by atoms with Crippen LogP contribution in [0.3, 0.4) is 0 Å². The molecule has 1 aromatic carbocycles. The number of aromatic nitrogens is 3. The number of halogens is 1. The lowest BCUT2D eigenvalue weighted by Crippen LogP contribution is -2.29. The Kier molecular flexibility index (Phi) is 7.66. The van der Waals surface area contributed by atoms with Crippen LogP contribution in [0.25, 0.3) is 11.3 Å². The summed E-state index contributed by atoms with van der Waals surface area (Å²) in [7, 11) is 2.05. The summed E-state index contributed by atoms with van der Waals surface area (Å²) in [5, 5.41) is 13.7. The molecule has 174 valence electrons. The summed E-state index contributed by atoms with van der Waals surface area (Å²) < 4.78 is 17.2. The minimum atomic E-state index is -0.716. The summed E-state index contributed by atoms with van der Waals surface area (Å²) in [6.07, 6.45) is 8.62. The van der Waals surface area contributed by atoms with Crippen LogP contribution in [0.1, 0.15) is 74.6 Å². The number of carbonyl (C=O) groups is 1. The molecule has 1 aliphatic carbocycles. The highest BCUT2D eigenvalue weighted by atomic mass is 19.1. The topological polar surface area (TPSA) is 80.4 Å². The molecule has 2 aromatic rings.